The highest BCUT2D eigenvalue weighted by molar-refractivity contribution is 7.99. The molecule has 1 aromatic heterocycles. The van der Waals surface area contributed by atoms with E-state index in [0.717, 1.165) is 11.1 Å². The molecule has 1 N–H and O–H groups in total. The van der Waals surface area contributed by atoms with E-state index in [2.05, 4.69) is 15.5 Å². The normalized spacial score (nSPS) is 10.5. The van der Waals surface area contributed by atoms with Gasteiger partial charge in [0.05, 0.1) is 32.8 Å². The number of halogens is 1. The molecular weight excluding hydrogens is 421 g/mol. The summed E-state index contributed by atoms with van der Waals surface area (Å²) >= 11 is 1.28. The summed E-state index contributed by atoms with van der Waals surface area (Å²) in [5.41, 5.74) is 2.22. The van der Waals surface area contributed by atoms with Crippen LogP contribution in [0.25, 0.3) is 11.3 Å². The Balaban J connectivity index is 1.60. The topological polar surface area (TPSA) is 82.6 Å². The highest BCUT2D eigenvalue weighted by Gasteiger charge is 2.15. The third-order valence-electron chi connectivity index (χ3n) is 4.35. The first-order valence-corrected chi connectivity index (χ1v) is 10.3. The molecule has 0 aliphatic rings. The van der Waals surface area contributed by atoms with E-state index in [1.165, 1.54) is 23.9 Å². The van der Waals surface area contributed by atoms with Crippen molar-refractivity contribution in [1.29, 1.82) is 0 Å². The Labute approximate surface area is 183 Å². The number of thioether (sulfide) groups is 1. The molecule has 31 heavy (non-hydrogen) atoms. The molecule has 0 radical (unpaired) electrons. The van der Waals surface area contributed by atoms with Gasteiger partial charge in [0, 0.05) is 12.1 Å². The van der Waals surface area contributed by atoms with Gasteiger partial charge in [-0.25, -0.2) is 4.39 Å². The highest BCUT2D eigenvalue weighted by atomic mass is 32.2. The Morgan fingerprint density at radius 1 is 0.968 bits per heavy atom. The first kappa shape index (κ1) is 22.4. The number of nitrogens with one attached hydrogen (secondary N) is 1. The van der Waals surface area contributed by atoms with Crippen molar-refractivity contribution in [3.05, 3.63) is 59.9 Å². The van der Waals surface area contributed by atoms with Crippen LogP contribution in [0.2, 0.25) is 0 Å². The smallest absolute Gasteiger partial charge is 0.230 e. The number of ether oxygens (including phenoxy) is 3. The number of aromatic nitrogens is 2. The van der Waals surface area contributed by atoms with Gasteiger partial charge in [-0.3, -0.25) is 4.79 Å². The number of amides is 1. The summed E-state index contributed by atoms with van der Waals surface area (Å²) in [6, 6.07) is 13.2. The molecule has 0 aliphatic carbocycles. The zero-order chi connectivity index (χ0) is 22.2. The Hall–Kier alpha value is -3.33. The van der Waals surface area contributed by atoms with Crippen LogP contribution in [-0.2, 0) is 11.3 Å². The molecule has 0 saturated carbocycles. The van der Waals surface area contributed by atoms with E-state index in [9.17, 15) is 9.18 Å². The number of methoxy groups -OCH3 is 3. The average molecular weight is 444 g/mol. The van der Waals surface area contributed by atoms with E-state index < -0.39 is 0 Å². The van der Waals surface area contributed by atoms with Gasteiger partial charge in [0.2, 0.25) is 11.7 Å². The van der Waals surface area contributed by atoms with Gasteiger partial charge in [-0.1, -0.05) is 23.9 Å². The van der Waals surface area contributed by atoms with Gasteiger partial charge in [-0.05, 0) is 42.0 Å². The lowest BCUT2D eigenvalue weighted by atomic mass is 10.1. The van der Waals surface area contributed by atoms with Crippen LogP contribution < -0.4 is 19.5 Å². The van der Waals surface area contributed by atoms with Crippen molar-refractivity contribution >= 4 is 17.7 Å². The lowest BCUT2D eigenvalue weighted by Crippen LogP contribution is -2.24. The summed E-state index contributed by atoms with van der Waals surface area (Å²) in [7, 11) is 4.64. The molecule has 0 spiro atoms. The summed E-state index contributed by atoms with van der Waals surface area (Å²) in [4.78, 5) is 12.1. The Morgan fingerprint density at radius 3 is 2.19 bits per heavy atom. The maximum absolute atomic E-state index is 12.9. The summed E-state index contributed by atoms with van der Waals surface area (Å²) in [6.07, 6.45) is 0. The molecule has 0 unspecified atom stereocenters. The molecule has 9 heteroatoms. The fourth-order valence-corrected chi connectivity index (χ4v) is 3.42. The molecule has 3 aromatic rings. The predicted molar refractivity (Wildman–Crippen MR) is 116 cm³/mol. The molecule has 0 aliphatic heterocycles. The second-order valence-electron chi connectivity index (χ2n) is 6.36. The molecule has 0 bridgehead atoms. The third kappa shape index (κ3) is 5.85. The first-order chi connectivity index (χ1) is 15.0. The van der Waals surface area contributed by atoms with Gasteiger partial charge in [0.25, 0.3) is 0 Å². The Morgan fingerprint density at radius 2 is 1.65 bits per heavy atom. The Kier molecular flexibility index (Phi) is 7.66. The van der Waals surface area contributed by atoms with Crippen LogP contribution >= 0.6 is 11.8 Å². The lowest BCUT2D eigenvalue weighted by Gasteiger charge is -2.13. The van der Waals surface area contributed by atoms with Crippen LogP contribution in [0.4, 0.5) is 4.39 Å². The van der Waals surface area contributed by atoms with E-state index in [-0.39, 0.29) is 17.5 Å². The summed E-state index contributed by atoms with van der Waals surface area (Å²) < 4.78 is 29.0. The summed E-state index contributed by atoms with van der Waals surface area (Å²) in [5.74, 6) is 1.29. The minimum Gasteiger partial charge on any atom is -0.493 e. The molecule has 0 saturated heterocycles. The third-order valence-corrected chi connectivity index (χ3v) is 5.27. The van der Waals surface area contributed by atoms with Crippen molar-refractivity contribution in [2.24, 2.45) is 0 Å². The van der Waals surface area contributed by atoms with Gasteiger partial charge in [0.15, 0.2) is 11.5 Å². The number of carbonyl (C=O) groups excluding carboxylic acids is 1. The number of carbonyl (C=O) groups is 1. The molecule has 1 heterocycles. The van der Waals surface area contributed by atoms with Crippen LogP contribution in [0.15, 0.2) is 53.6 Å². The highest BCUT2D eigenvalue weighted by Crippen LogP contribution is 2.40. The SMILES string of the molecule is COc1cc(-c2ccc(SCC(=O)NCc3ccc(F)cc3)nn2)cc(OC)c1OC. The van der Waals surface area contributed by atoms with Crippen molar-refractivity contribution in [2.45, 2.75) is 11.6 Å². The largest absolute Gasteiger partial charge is 0.493 e. The van der Waals surface area contributed by atoms with E-state index in [1.807, 2.05) is 6.07 Å². The van der Waals surface area contributed by atoms with E-state index in [1.54, 1.807) is 51.7 Å². The molecule has 1 amide bonds. The van der Waals surface area contributed by atoms with Crippen LogP contribution in [0.3, 0.4) is 0 Å². The fourth-order valence-electron chi connectivity index (χ4n) is 2.77. The Bertz CT molecular complexity index is 1000. The summed E-state index contributed by atoms with van der Waals surface area (Å²) in [6.45, 7) is 0.339. The molecule has 0 atom stereocenters. The van der Waals surface area contributed by atoms with Crippen LogP contribution in [0, 0.1) is 5.82 Å². The van der Waals surface area contributed by atoms with Crippen molar-refractivity contribution in [3.8, 4) is 28.5 Å². The zero-order valence-electron chi connectivity index (χ0n) is 17.3. The maximum Gasteiger partial charge on any atom is 0.230 e. The molecule has 2 aromatic carbocycles. The number of nitrogens with zero attached hydrogens (tertiary/aromatic N) is 2. The molecular formula is C22H22FN3O4S. The quantitative estimate of drug-likeness (QED) is 0.505. The van der Waals surface area contributed by atoms with Gasteiger partial charge in [-0.15, -0.1) is 10.2 Å². The minimum atomic E-state index is -0.306. The van der Waals surface area contributed by atoms with Crippen molar-refractivity contribution < 1.29 is 23.4 Å². The van der Waals surface area contributed by atoms with E-state index in [0.29, 0.717) is 34.5 Å². The van der Waals surface area contributed by atoms with Crippen LogP contribution in [0.1, 0.15) is 5.56 Å². The standard InChI is InChI=1S/C22H22FN3O4S/c1-28-18-10-15(11-19(29-2)22(18)30-3)17-8-9-21(26-25-17)31-13-20(27)24-12-14-4-6-16(23)7-5-14/h4-11H,12-13H2,1-3H3,(H,24,27). The number of rotatable bonds is 9. The predicted octanol–water partition coefficient (Wildman–Crippen LogP) is 3.72. The molecule has 162 valence electrons. The second kappa shape index (κ2) is 10.6. The maximum atomic E-state index is 12.9. The van der Waals surface area contributed by atoms with Crippen LogP contribution in [0.5, 0.6) is 17.2 Å². The second-order valence-corrected chi connectivity index (χ2v) is 7.36. The van der Waals surface area contributed by atoms with Gasteiger partial charge < -0.3 is 19.5 Å². The molecule has 7 nitrogen and oxygen atoms in total. The average Bonchev–Trinajstić information content (AvgIpc) is 2.81. The zero-order valence-corrected chi connectivity index (χ0v) is 18.2. The van der Waals surface area contributed by atoms with Crippen molar-refractivity contribution in [1.82, 2.24) is 15.5 Å². The van der Waals surface area contributed by atoms with Gasteiger partial charge >= 0.3 is 0 Å². The van der Waals surface area contributed by atoms with Crippen molar-refractivity contribution in [2.75, 3.05) is 27.1 Å². The fraction of sp³-hybridized carbons (Fsp3) is 0.227. The lowest BCUT2D eigenvalue weighted by molar-refractivity contribution is -0.118. The monoisotopic (exact) mass is 443 g/mol. The summed E-state index contributed by atoms with van der Waals surface area (Å²) in [5, 5.41) is 11.8. The molecule has 0 fully saturated rings. The van der Waals surface area contributed by atoms with Crippen molar-refractivity contribution in [3.63, 3.8) is 0 Å². The van der Waals surface area contributed by atoms with Gasteiger partial charge in [-0.2, -0.15) is 0 Å². The first-order valence-electron chi connectivity index (χ1n) is 9.32. The van der Waals surface area contributed by atoms with E-state index in [4.69, 9.17) is 14.2 Å². The molecule has 3 rings (SSSR count). The van der Waals surface area contributed by atoms with E-state index >= 15 is 0 Å². The van der Waals surface area contributed by atoms with Crippen LogP contribution in [-0.4, -0.2) is 43.2 Å². The number of benzene rings is 2. The number of hydrogen-bond acceptors (Lipinski definition) is 7. The number of hydrogen-bond donors (Lipinski definition) is 1. The van der Waals surface area contributed by atoms with Gasteiger partial charge in [0.1, 0.15) is 10.8 Å². The minimum absolute atomic E-state index is 0.148.